The number of halogens is 1. The maximum Gasteiger partial charge on any atom is 0.135 e. The first-order valence-electron chi connectivity index (χ1n) is 6.04. The van der Waals surface area contributed by atoms with Crippen molar-refractivity contribution < 1.29 is 0 Å². The van der Waals surface area contributed by atoms with Crippen LogP contribution in [-0.4, -0.2) is 27.5 Å². The minimum Gasteiger partial charge on any atom is -0.366 e. The number of nitrogens with zero attached hydrogens (tertiary/aromatic N) is 2. The molecule has 3 nitrogen and oxygen atoms in total. The van der Waals surface area contributed by atoms with E-state index in [4.69, 9.17) is 11.6 Å². The third kappa shape index (κ3) is 3.75. The second-order valence-corrected chi connectivity index (χ2v) is 6.18. The van der Waals surface area contributed by atoms with Gasteiger partial charge in [-0.2, -0.15) is 11.8 Å². The van der Waals surface area contributed by atoms with Gasteiger partial charge in [-0.05, 0) is 18.6 Å². The van der Waals surface area contributed by atoms with Crippen molar-refractivity contribution >= 4 is 29.2 Å². The Labute approximate surface area is 112 Å². The topological polar surface area (TPSA) is 37.8 Å². The molecule has 0 aliphatic carbocycles. The summed E-state index contributed by atoms with van der Waals surface area (Å²) >= 11 is 8.01. The SMILES string of the molecule is CC(C)c1nc(Cl)cc(NC2CCCSC2)n1. The van der Waals surface area contributed by atoms with E-state index in [2.05, 4.69) is 29.1 Å². The molecule has 1 unspecified atom stereocenters. The van der Waals surface area contributed by atoms with Crippen molar-refractivity contribution in [2.45, 2.75) is 38.6 Å². The zero-order valence-corrected chi connectivity index (χ0v) is 11.8. The Bertz CT molecular complexity index is 378. The molecule has 1 aromatic rings. The summed E-state index contributed by atoms with van der Waals surface area (Å²) in [4.78, 5) is 8.75. The number of hydrogen-bond donors (Lipinski definition) is 1. The zero-order valence-electron chi connectivity index (χ0n) is 10.2. The summed E-state index contributed by atoms with van der Waals surface area (Å²) in [7, 11) is 0. The third-order valence-corrected chi connectivity index (χ3v) is 4.15. The van der Waals surface area contributed by atoms with Crippen molar-refractivity contribution in [2.24, 2.45) is 0 Å². The number of nitrogens with one attached hydrogen (secondary N) is 1. The molecule has 0 spiro atoms. The number of thioether (sulfide) groups is 1. The molecule has 2 heterocycles. The van der Waals surface area contributed by atoms with Crippen LogP contribution < -0.4 is 5.32 Å². The first-order chi connectivity index (χ1) is 8.15. The standard InChI is InChI=1S/C12H18ClN3S/c1-8(2)12-15-10(13)6-11(16-12)14-9-4-3-5-17-7-9/h6,8-9H,3-5,7H2,1-2H3,(H,14,15,16). The normalized spacial score (nSPS) is 20.6. The van der Waals surface area contributed by atoms with Gasteiger partial charge in [-0.3, -0.25) is 0 Å². The lowest BCUT2D eigenvalue weighted by molar-refractivity contribution is 0.678. The lowest BCUT2D eigenvalue weighted by atomic mass is 10.2. The highest BCUT2D eigenvalue weighted by molar-refractivity contribution is 7.99. The van der Waals surface area contributed by atoms with Gasteiger partial charge < -0.3 is 5.32 Å². The summed E-state index contributed by atoms with van der Waals surface area (Å²) in [6.07, 6.45) is 2.49. The van der Waals surface area contributed by atoms with Crippen LogP contribution in [0.5, 0.6) is 0 Å². The molecule has 0 radical (unpaired) electrons. The fraction of sp³-hybridized carbons (Fsp3) is 0.667. The van der Waals surface area contributed by atoms with Crippen LogP contribution in [0.4, 0.5) is 5.82 Å². The van der Waals surface area contributed by atoms with E-state index in [-0.39, 0.29) is 0 Å². The molecule has 17 heavy (non-hydrogen) atoms. The van der Waals surface area contributed by atoms with Crippen molar-refractivity contribution in [3.05, 3.63) is 17.0 Å². The minimum atomic E-state index is 0.301. The van der Waals surface area contributed by atoms with Gasteiger partial charge in [0.1, 0.15) is 16.8 Å². The molecular weight excluding hydrogens is 254 g/mol. The van der Waals surface area contributed by atoms with Gasteiger partial charge in [-0.15, -0.1) is 0 Å². The van der Waals surface area contributed by atoms with Crippen molar-refractivity contribution in [3.8, 4) is 0 Å². The molecule has 1 saturated heterocycles. The Kier molecular flexibility index (Phi) is 4.51. The van der Waals surface area contributed by atoms with E-state index >= 15 is 0 Å². The summed E-state index contributed by atoms with van der Waals surface area (Å²) in [5.41, 5.74) is 0. The van der Waals surface area contributed by atoms with E-state index in [1.54, 1.807) is 0 Å². The Morgan fingerprint density at radius 1 is 1.47 bits per heavy atom. The predicted octanol–water partition coefficient (Wildman–Crippen LogP) is 3.56. The Hall–Kier alpha value is -0.480. The van der Waals surface area contributed by atoms with E-state index in [0.29, 0.717) is 17.1 Å². The van der Waals surface area contributed by atoms with Crippen molar-refractivity contribution in [1.29, 1.82) is 0 Å². The molecule has 1 atom stereocenters. The first-order valence-corrected chi connectivity index (χ1v) is 7.57. The van der Waals surface area contributed by atoms with Gasteiger partial charge in [-0.25, -0.2) is 9.97 Å². The summed E-state index contributed by atoms with van der Waals surface area (Å²) in [6.45, 7) is 4.15. The molecule has 94 valence electrons. The van der Waals surface area contributed by atoms with Gasteiger partial charge in [0, 0.05) is 23.8 Å². The third-order valence-electron chi connectivity index (χ3n) is 2.74. The highest BCUT2D eigenvalue weighted by Gasteiger charge is 2.15. The fourth-order valence-corrected chi connectivity index (χ4v) is 3.09. The highest BCUT2D eigenvalue weighted by atomic mass is 35.5. The molecule has 1 aromatic heterocycles. The van der Waals surface area contributed by atoms with Crippen LogP contribution in [0.1, 0.15) is 38.4 Å². The van der Waals surface area contributed by atoms with Gasteiger partial charge in [0.15, 0.2) is 0 Å². The van der Waals surface area contributed by atoms with Crippen molar-refractivity contribution in [2.75, 3.05) is 16.8 Å². The van der Waals surface area contributed by atoms with Gasteiger partial charge >= 0.3 is 0 Å². The molecule has 1 N–H and O–H groups in total. The van der Waals surface area contributed by atoms with Gasteiger partial charge in [0.2, 0.25) is 0 Å². The van der Waals surface area contributed by atoms with Crippen LogP contribution in [0, 0.1) is 0 Å². The molecule has 1 fully saturated rings. The Morgan fingerprint density at radius 2 is 2.29 bits per heavy atom. The molecule has 5 heteroatoms. The van der Waals surface area contributed by atoms with E-state index in [0.717, 1.165) is 17.4 Å². The molecule has 1 aliphatic rings. The number of hydrogen-bond acceptors (Lipinski definition) is 4. The van der Waals surface area contributed by atoms with Gasteiger partial charge in [0.25, 0.3) is 0 Å². The van der Waals surface area contributed by atoms with Gasteiger partial charge in [0.05, 0.1) is 0 Å². The molecule has 0 bridgehead atoms. The molecule has 0 amide bonds. The smallest absolute Gasteiger partial charge is 0.135 e. The Balaban J connectivity index is 2.09. The van der Waals surface area contributed by atoms with Crippen LogP contribution in [0.25, 0.3) is 0 Å². The van der Waals surface area contributed by atoms with E-state index in [9.17, 15) is 0 Å². The largest absolute Gasteiger partial charge is 0.366 e. The van der Waals surface area contributed by atoms with E-state index < -0.39 is 0 Å². The fourth-order valence-electron chi connectivity index (χ4n) is 1.83. The van der Waals surface area contributed by atoms with Crippen molar-refractivity contribution in [3.63, 3.8) is 0 Å². The molecular formula is C12H18ClN3S. The van der Waals surface area contributed by atoms with Crippen molar-refractivity contribution in [1.82, 2.24) is 9.97 Å². The molecule has 0 saturated carbocycles. The van der Waals surface area contributed by atoms with Gasteiger partial charge in [-0.1, -0.05) is 25.4 Å². The van der Waals surface area contributed by atoms with Crippen LogP contribution in [-0.2, 0) is 0 Å². The summed E-state index contributed by atoms with van der Waals surface area (Å²) in [5.74, 6) is 4.40. The number of aromatic nitrogens is 2. The van der Waals surface area contributed by atoms with Crippen LogP contribution in [0.15, 0.2) is 6.07 Å². The maximum atomic E-state index is 6.02. The van der Waals surface area contributed by atoms with Crippen LogP contribution in [0.3, 0.4) is 0 Å². The maximum absolute atomic E-state index is 6.02. The zero-order chi connectivity index (χ0) is 12.3. The molecule has 2 rings (SSSR count). The predicted molar refractivity (Wildman–Crippen MR) is 75.1 cm³/mol. The number of anilines is 1. The monoisotopic (exact) mass is 271 g/mol. The first kappa shape index (κ1) is 13.0. The highest BCUT2D eigenvalue weighted by Crippen LogP contribution is 2.22. The quantitative estimate of drug-likeness (QED) is 0.853. The second-order valence-electron chi connectivity index (χ2n) is 4.65. The lowest BCUT2D eigenvalue weighted by Crippen LogP contribution is -2.26. The molecule has 0 aromatic carbocycles. The average molecular weight is 272 g/mol. The number of rotatable bonds is 3. The van der Waals surface area contributed by atoms with E-state index in [1.807, 2.05) is 17.8 Å². The van der Waals surface area contributed by atoms with Crippen LogP contribution >= 0.6 is 23.4 Å². The lowest BCUT2D eigenvalue weighted by Gasteiger charge is -2.23. The van der Waals surface area contributed by atoms with Crippen LogP contribution in [0.2, 0.25) is 5.15 Å². The molecule has 1 aliphatic heterocycles. The minimum absolute atomic E-state index is 0.301. The average Bonchev–Trinajstić information content (AvgIpc) is 2.29. The summed E-state index contributed by atoms with van der Waals surface area (Å²) in [5, 5.41) is 3.98. The second kappa shape index (κ2) is 5.91. The summed E-state index contributed by atoms with van der Waals surface area (Å²) < 4.78 is 0. The van der Waals surface area contributed by atoms with E-state index in [1.165, 1.54) is 18.6 Å². The Morgan fingerprint density at radius 3 is 2.94 bits per heavy atom. The summed E-state index contributed by atoms with van der Waals surface area (Å²) in [6, 6.07) is 2.33.